The van der Waals surface area contributed by atoms with E-state index in [0.717, 1.165) is 19.3 Å². The van der Waals surface area contributed by atoms with Gasteiger partial charge in [-0.3, -0.25) is 4.79 Å². The van der Waals surface area contributed by atoms with E-state index in [2.05, 4.69) is 5.32 Å². The molecule has 1 heterocycles. The lowest BCUT2D eigenvalue weighted by atomic mass is 9.80. The predicted molar refractivity (Wildman–Crippen MR) is 72.7 cm³/mol. The van der Waals surface area contributed by atoms with E-state index in [1.165, 1.54) is 16.8 Å². The monoisotopic (exact) mass is 301 g/mol. The molecular formula is C12H19N3O4S. The molecule has 3 N–H and O–H groups in total. The van der Waals surface area contributed by atoms with Crippen LogP contribution in [0.2, 0.25) is 0 Å². The van der Waals surface area contributed by atoms with E-state index in [-0.39, 0.29) is 22.1 Å². The Bertz CT molecular complexity index is 611. The fourth-order valence-electron chi connectivity index (χ4n) is 2.27. The van der Waals surface area contributed by atoms with Gasteiger partial charge in [0.1, 0.15) is 10.6 Å². The van der Waals surface area contributed by atoms with Crippen LogP contribution >= 0.6 is 0 Å². The fourth-order valence-corrected chi connectivity index (χ4v) is 2.85. The molecule has 7 nitrogen and oxygen atoms in total. The van der Waals surface area contributed by atoms with Gasteiger partial charge < -0.3 is 14.6 Å². The molecule has 0 radical (unpaired) electrons. The summed E-state index contributed by atoms with van der Waals surface area (Å²) in [5.41, 5.74) is -0.0246. The zero-order valence-corrected chi connectivity index (χ0v) is 12.4. The van der Waals surface area contributed by atoms with E-state index in [0.29, 0.717) is 6.54 Å². The zero-order chi connectivity index (χ0) is 15.0. The third-order valence-corrected chi connectivity index (χ3v) is 4.69. The maximum absolute atomic E-state index is 12.1. The van der Waals surface area contributed by atoms with E-state index in [1.807, 2.05) is 0 Å². The maximum Gasteiger partial charge on any atom is 0.268 e. The van der Waals surface area contributed by atoms with Crippen LogP contribution in [0.4, 0.5) is 0 Å². The molecule has 1 aromatic rings. The van der Waals surface area contributed by atoms with Crippen molar-refractivity contribution in [3.8, 4) is 0 Å². The van der Waals surface area contributed by atoms with E-state index in [9.17, 15) is 13.2 Å². The third kappa shape index (κ3) is 2.87. The first-order chi connectivity index (χ1) is 9.27. The summed E-state index contributed by atoms with van der Waals surface area (Å²) in [7, 11) is -0.577. The Kier molecular flexibility index (Phi) is 3.90. The van der Waals surface area contributed by atoms with Gasteiger partial charge in [0.2, 0.25) is 10.0 Å². The normalized spacial score (nSPS) is 17.6. The molecule has 1 fully saturated rings. The molecule has 0 spiro atoms. The number of nitrogens with one attached hydrogen (secondary N) is 1. The summed E-state index contributed by atoms with van der Waals surface area (Å²) in [4.78, 5) is 12.0. The average Bonchev–Trinajstić information content (AvgIpc) is 2.70. The van der Waals surface area contributed by atoms with Crippen molar-refractivity contribution in [2.45, 2.75) is 29.8 Å². The quantitative estimate of drug-likeness (QED) is 0.797. The molecule has 1 aliphatic carbocycles. The minimum absolute atomic E-state index is 0.0738. The number of aryl methyl sites for hydroxylation is 1. The van der Waals surface area contributed by atoms with Gasteiger partial charge in [0, 0.05) is 26.9 Å². The molecule has 2 rings (SSSR count). The Morgan fingerprint density at radius 3 is 2.60 bits per heavy atom. The number of amides is 1. The lowest BCUT2D eigenvalue weighted by molar-refractivity contribution is -0.0679. The Morgan fingerprint density at radius 2 is 2.20 bits per heavy atom. The predicted octanol–water partition coefficient (Wildman–Crippen LogP) is -0.0286. The van der Waals surface area contributed by atoms with Crippen LogP contribution in [-0.4, -0.2) is 38.1 Å². The van der Waals surface area contributed by atoms with Crippen LogP contribution in [0.3, 0.4) is 0 Å². The van der Waals surface area contributed by atoms with E-state index < -0.39 is 10.0 Å². The van der Waals surface area contributed by atoms with E-state index >= 15 is 0 Å². The summed E-state index contributed by atoms with van der Waals surface area (Å²) in [6, 6.07) is 1.27. The molecule has 112 valence electrons. The fraction of sp³-hybridized carbons (Fsp3) is 0.583. The van der Waals surface area contributed by atoms with Gasteiger partial charge in [0.05, 0.1) is 5.60 Å². The summed E-state index contributed by atoms with van der Waals surface area (Å²) < 4.78 is 29.4. The number of carbonyl (C=O) groups excluding carboxylic acids is 1. The Morgan fingerprint density at radius 1 is 1.55 bits per heavy atom. The molecule has 1 aromatic heterocycles. The van der Waals surface area contributed by atoms with Gasteiger partial charge in [-0.2, -0.15) is 0 Å². The van der Waals surface area contributed by atoms with Crippen molar-refractivity contribution in [1.29, 1.82) is 0 Å². The molecule has 0 aliphatic heterocycles. The Labute approximate surface area is 118 Å². The summed E-state index contributed by atoms with van der Waals surface area (Å²) >= 11 is 0. The molecule has 8 heteroatoms. The number of aromatic nitrogens is 1. The van der Waals surface area contributed by atoms with Gasteiger partial charge in [0.25, 0.3) is 5.91 Å². The third-order valence-electron chi connectivity index (χ3n) is 3.81. The van der Waals surface area contributed by atoms with Crippen LogP contribution in [0.1, 0.15) is 29.8 Å². The molecule has 0 bridgehead atoms. The molecule has 1 saturated carbocycles. The van der Waals surface area contributed by atoms with E-state index in [4.69, 9.17) is 9.88 Å². The number of carbonyl (C=O) groups is 1. The maximum atomic E-state index is 12.1. The first-order valence-corrected chi connectivity index (χ1v) is 7.85. The molecule has 0 atom stereocenters. The number of primary sulfonamides is 1. The van der Waals surface area contributed by atoms with Crippen molar-refractivity contribution in [1.82, 2.24) is 9.88 Å². The number of hydrogen-bond acceptors (Lipinski definition) is 4. The van der Waals surface area contributed by atoms with Crippen LogP contribution in [-0.2, 0) is 21.8 Å². The van der Waals surface area contributed by atoms with Crippen LogP contribution in [0.5, 0.6) is 0 Å². The molecule has 0 saturated heterocycles. The topological polar surface area (TPSA) is 103 Å². The number of sulfonamides is 1. The highest BCUT2D eigenvalue weighted by Gasteiger charge is 2.37. The van der Waals surface area contributed by atoms with Crippen molar-refractivity contribution in [3.63, 3.8) is 0 Å². The minimum atomic E-state index is -3.81. The number of nitrogens with two attached hydrogens (primary N) is 1. The number of rotatable bonds is 5. The lowest BCUT2D eigenvalue weighted by Gasteiger charge is -2.40. The van der Waals surface area contributed by atoms with Crippen LogP contribution < -0.4 is 10.5 Å². The Balaban J connectivity index is 2.08. The van der Waals surface area contributed by atoms with Gasteiger partial charge in [-0.15, -0.1) is 0 Å². The summed E-state index contributed by atoms with van der Waals surface area (Å²) in [5.74, 6) is -0.342. The smallest absolute Gasteiger partial charge is 0.268 e. The Hall–Kier alpha value is -1.38. The van der Waals surface area contributed by atoms with Gasteiger partial charge in [-0.25, -0.2) is 13.6 Å². The lowest BCUT2D eigenvalue weighted by Crippen LogP contribution is -2.49. The second-order valence-electron chi connectivity index (χ2n) is 5.14. The SMILES string of the molecule is COC1(CNC(=O)c2cc(S(N)(=O)=O)cn2C)CCC1. The molecule has 1 aliphatic rings. The van der Waals surface area contributed by atoms with Crippen LogP contribution in [0, 0.1) is 0 Å². The van der Waals surface area contributed by atoms with Crippen LogP contribution in [0.25, 0.3) is 0 Å². The largest absolute Gasteiger partial charge is 0.376 e. The van der Waals surface area contributed by atoms with Crippen molar-refractivity contribution in [3.05, 3.63) is 18.0 Å². The molecule has 0 unspecified atom stereocenters. The molecule has 20 heavy (non-hydrogen) atoms. The van der Waals surface area contributed by atoms with Gasteiger partial charge >= 0.3 is 0 Å². The zero-order valence-electron chi connectivity index (χ0n) is 11.5. The highest BCUT2D eigenvalue weighted by molar-refractivity contribution is 7.89. The molecule has 0 aromatic carbocycles. The average molecular weight is 301 g/mol. The first-order valence-electron chi connectivity index (χ1n) is 6.30. The highest BCUT2D eigenvalue weighted by Crippen LogP contribution is 2.34. The second kappa shape index (κ2) is 5.19. The van der Waals surface area contributed by atoms with Crippen molar-refractivity contribution < 1.29 is 17.9 Å². The number of hydrogen-bond donors (Lipinski definition) is 2. The van der Waals surface area contributed by atoms with Crippen molar-refractivity contribution in [2.24, 2.45) is 12.2 Å². The molecular weight excluding hydrogens is 282 g/mol. The second-order valence-corrected chi connectivity index (χ2v) is 6.70. The standard InChI is InChI=1S/C12H19N3O4S/c1-15-7-9(20(13,17)18)6-10(15)11(16)14-8-12(19-2)4-3-5-12/h6-7H,3-5,8H2,1-2H3,(H,14,16)(H2,13,17,18). The van der Waals surface area contributed by atoms with Crippen molar-refractivity contribution in [2.75, 3.05) is 13.7 Å². The highest BCUT2D eigenvalue weighted by atomic mass is 32.2. The summed E-state index contributed by atoms with van der Waals surface area (Å²) in [5, 5.41) is 7.82. The van der Waals surface area contributed by atoms with E-state index in [1.54, 1.807) is 14.2 Å². The van der Waals surface area contributed by atoms with Gasteiger partial charge in [-0.1, -0.05) is 0 Å². The number of nitrogens with zero attached hydrogens (tertiary/aromatic N) is 1. The minimum Gasteiger partial charge on any atom is -0.376 e. The summed E-state index contributed by atoms with van der Waals surface area (Å²) in [6.07, 6.45) is 4.24. The number of methoxy groups -OCH3 is 1. The summed E-state index contributed by atoms with van der Waals surface area (Å²) in [6.45, 7) is 0.415. The van der Waals surface area contributed by atoms with Gasteiger partial charge in [-0.05, 0) is 25.3 Å². The van der Waals surface area contributed by atoms with Crippen molar-refractivity contribution >= 4 is 15.9 Å². The molecule has 1 amide bonds. The first kappa shape index (κ1) is 15.0. The van der Waals surface area contributed by atoms with Crippen LogP contribution in [0.15, 0.2) is 17.2 Å². The number of ether oxygens (including phenoxy) is 1. The van der Waals surface area contributed by atoms with Gasteiger partial charge in [0.15, 0.2) is 0 Å².